The van der Waals surface area contributed by atoms with Gasteiger partial charge in [0.1, 0.15) is 17.3 Å². The number of hydrogen-bond acceptors (Lipinski definition) is 3. The molecule has 2 aromatic rings. The zero-order chi connectivity index (χ0) is 19.4. The number of carbonyl (C=O) groups excluding carboxylic acids is 1. The Morgan fingerprint density at radius 1 is 0.889 bits per heavy atom. The van der Waals surface area contributed by atoms with Crippen LogP contribution in [0.3, 0.4) is 0 Å². The van der Waals surface area contributed by atoms with Gasteiger partial charge in [0.15, 0.2) is 0 Å². The molecule has 0 bridgehead atoms. The first-order valence-electron chi connectivity index (χ1n) is 8.75. The van der Waals surface area contributed by atoms with E-state index in [1.165, 1.54) is 34.6 Å². The highest BCUT2D eigenvalue weighted by Crippen LogP contribution is 2.22. The molecule has 0 unspecified atom stereocenters. The van der Waals surface area contributed by atoms with Crippen LogP contribution in [0.15, 0.2) is 47.4 Å². The van der Waals surface area contributed by atoms with Gasteiger partial charge in [0.2, 0.25) is 10.0 Å². The first-order chi connectivity index (χ1) is 12.9. The summed E-state index contributed by atoms with van der Waals surface area (Å²) in [4.78, 5) is 12.3. The van der Waals surface area contributed by atoms with Crippen molar-refractivity contribution in [3.8, 4) is 0 Å². The van der Waals surface area contributed by atoms with Crippen LogP contribution < -0.4 is 5.32 Å². The van der Waals surface area contributed by atoms with Gasteiger partial charge in [-0.25, -0.2) is 17.2 Å². The molecule has 1 heterocycles. The topological polar surface area (TPSA) is 66.5 Å². The van der Waals surface area contributed by atoms with Crippen LogP contribution in [0.5, 0.6) is 0 Å². The molecule has 0 saturated carbocycles. The number of carbonyl (C=O) groups is 1. The van der Waals surface area contributed by atoms with E-state index in [1.807, 2.05) is 0 Å². The number of anilines is 1. The second-order valence-electron chi connectivity index (χ2n) is 6.39. The summed E-state index contributed by atoms with van der Waals surface area (Å²) < 4.78 is 54.2. The summed E-state index contributed by atoms with van der Waals surface area (Å²) in [6, 6.07) is 8.62. The smallest absolute Gasteiger partial charge is 0.255 e. The Labute approximate surface area is 157 Å². The fourth-order valence-corrected chi connectivity index (χ4v) is 4.53. The van der Waals surface area contributed by atoms with E-state index >= 15 is 0 Å². The van der Waals surface area contributed by atoms with Crippen LogP contribution in [0.4, 0.5) is 14.5 Å². The molecule has 5 nitrogen and oxygen atoms in total. The summed E-state index contributed by atoms with van der Waals surface area (Å²) in [5.41, 5.74) is -0.434. The minimum atomic E-state index is -3.62. The molecule has 8 heteroatoms. The number of sulfonamides is 1. The second-order valence-corrected chi connectivity index (χ2v) is 8.33. The van der Waals surface area contributed by atoms with Crippen LogP contribution in [-0.2, 0) is 10.0 Å². The van der Waals surface area contributed by atoms with Crippen LogP contribution in [0, 0.1) is 11.6 Å². The normalized spacial score (nSPS) is 15.9. The lowest BCUT2D eigenvalue weighted by atomic mass is 10.2. The SMILES string of the molecule is O=C(Nc1c(F)cccc1F)c1ccc(S(=O)(=O)N2CCCCCC2)cc1. The molecule has 0 atom stereocenters. The zero-order valence-electron chi connectivity index (χ0n) is 14.6. The van der Waals surface area contributed by atoms with Gasteiger partial charge in [0.25, 0.3) is 5.91 Å². The maximum atomic E-state index is 13.6. The molecule has 0 spiro atoms. The molecule has 1 fully saturated rings. The lowest BCUT2D eigenvalue weighted by molar-refractivity contribution is 0.102. The number of nitrogens with one attached hydrogen (secondary N) is 1. The summed E-state index contributed by atoms with van der Waals surface area (Å²) in [5, 5.41) is 2.18. The standard InChI is InChI=1S/C19H20F2N2O3S/c20-16-6-5-7-17(21)18(16)22-19(24)14-8-10-15(11-9-14)27(25,26)23-12-3-1-2-4-13-23/h5-11H,1-4,12-13H2,(H,22,24). The molecule has 3 rings (SSSR count). The van der Waals surface area contributed by atoms with Crippen molar-refractivity contribution >= 4 is 21.6 Å². The van der Waals surface area contributed by atoms with Gasteiger partial charge in [0, 0.05) is 18.7 Å². The van der Waals surface area contributed by atoms with Crippen molar-refractivity contribution in [1.29, 1.82) is 0 Å². The third-order valence-electron chi connectivity index (χ3n) is 4.52. The Morgan fingerprint density at radius 2 is 1.44 bits per heavy atom. The molecule has 1 aliphatic heterocycles. The lowest BCUT2D eigenvalue weighted by Gasteiger charge is -2.20. The number of benzene rings is 2. The molecule has 0 aliphatic carbocycles. The molecule has 0 aromatic heterocycles. The second kappa shape index (κ2) is 8.14. The molecule has 27 heavy (non-hydrogen) atoms. The predicted octanol–water partition coefficient (Wildman–Crippen LogP) is 3.78. The van der Waals surface area contributed by atoms with E-state index in [1.54, 1.807) is 0 Å². The first-order valence-corrected chi connectivity index (χ1v) is 10.2. The monoisotopic (exact) mass is 394 g/mol. The van der Waals surface area contributed by atoms with E-state index in [0.717, 1.165) is 37.8 Å². The van der Waals surface area contributed by atoms with Gasteiger partial charge >= 0.3 is 0 Å². The van der Waals surface area contributed by atoms with E-state index in [0.29, 0.717) is 13.1 Å². The Kier molecular flexibility index (Phi) is 5.86. The van der Waals surface area contributed by atoms with Crippen molar-refractivity contribution in [2.24, 2.45) is 0 Å². The van der Waals surface area contributed by atoms with Crippen LogP contribution in [0.1, 0.15) is 36.0 Å². The zero-order valence-corrected chi connectivity index (χ0v) is 15.4. The molecule has 1 aliphatic rings. The summed E-state index contributed by atoms with van der Waals surface area (Å²) in [7, 11) is -3.62. The molecule has 0 radical (unpaired) electrons. The van der Waals surface area contributed by atoms with Crippen LogP contribution in [-0.4, -0.2) is 31.7 Å². The van der Waals surface area contributed by atoms with Crippen molar-refractivity contribution in [2.75, 3.05) is 18.4 Å². The van der Waals surface area contributed by atoms with E-state index in [2.05, 4.69) is 5.32 Å². The van der Waals surface area contributed by atoms with Gasteiger partial charge < -0.3 is 5.32 Å². The van der Waals surface area contributed by atoms with Gasteiger partial charge in [-0.1, -0.05) is 18.9 Å². The van der Waals surface area contributed by atoms with Crippen molar-refractivity contribution in [3.63, 3.8) is 0 Å². The maximum absolute atomic E-state index is 13.6. The third kappa shape index (κ3) is 4.33. The van der Waals surface area contributed by atoms with Crippen molar-refractivity contribution < 1.29 is 22.0 Å². The molecular formula is C19H20F2N2O3S. The minimum Gasteiger partial charge on any atom is -0.317 e. The maximum Gasteiger partial charge on any atom is 0.255 e. The molecular weight excluding hydrogens is 374 g/mol. The predicted molar refractivity (Wildman–Crippen MR) is 98.0 cm³/mol. The van der Waals surface area contributed by atoms with Gasteiger partial charge in [0.05, 0.1) is 4.90 Å². The molecule has 144 valence electrons. The molecule has 1 N–H and O–H groups in total. The van der Waals surface area contributed by atoms with E-state index in [4.69, 9.17) is 0 Å². The number of nitrogens with zero attached hydrogens (tertiary/aromatic N) is 1. The number of amides is 1. The van der Waals surface area contributed by atoms with Gasteiger partial charge in [-0.3, -0.25) is 4.79 Å². The van der Waals surface area contributed by atoms with Crippen LogP contribution >= 0.6 is 0 Å². The van der Waals surface area contributed by atoms with E-state index in [-0.39, 0.29) is 10.5 Å². The van der Waals surface area contributed by atoms with Crippen molar-refractivity contribution in [3.05, 3.63) is 59.7 Å². The molecule has 1 amide bonds. The number of hydrogen-bond donors (Lipinski definition) is 1. The Bertz CT molecular complexity index is 902. The molecule has 1 saturated heterocycles. The molecule has 2 aromatic carbocycles. The Morgan fingerprint density at radius 3 is 2.00 bits per heavy atom. The largest absolute Gasteiger partial charge is 0.317 e. The van der Waals surface area contributed by atoms with Crippen molar-refractivity contribution in [2.45, 2.75) is 30.6 Å². The average Bonchev–Trinajstić information content (AvgIpc) is 2.95. The highest BCUT2D eigenvalue weighted by molar-refractivity contribution is 7.89. The first kappa shape index (κ1) is 19.4. The summed E-state index contributed by atoms with van der Waals surface area (Å²) in [6.45, 7) is 0.967. The van der Waals surface area contributed by atoms with E-state index < -0.39 is 33.3 Å². The van der Waals surface area contributed by atoms with E-state index in [9.17, 15) is 22.0 Å². The van der Waals surface area contributed by atoms with Crippen LogP contribution in [0.25, 0.3) is 0 Å². The van der Waals surface area contributed by atoms with Crippen LogP contribution in [0.2, 0.25) is 0 Å². The minimum absolute atomic E-state index is 0.0954. The fraction of sp³-hybridized carbons (Fsp3) is 0.316. The quantitative estimate of drug-likeness (QED) is 0.858. The number of para-hydroxylation sites is 1. The fourth-order valence-electron chi connectivity index (χ4n) is 3.01. The summed E-state index contributed by atoms with van der Waals surface area (Å²) in [5.74, 6) is -2.50. The highest BCUT2D eigenvalue weighted by atomic mass is 32.2. The third-order valence-corrected chi connectivity index (χ3v) is 6.43. The Balaban J connectivity index is 1.77. The van der Waals surface area contributed by atoms with Crippen molar-refractivity contribution in [1.82, 2.24) is 4.31 Å². The Hall–Kier alpha value is -2.32. The van der Waals surface area contributed by atoms with Gasteiger partial charge in [-0.15, -0.1) is 0 Å². The summed E-state index contributed by atoms with van der Waals surface area (Å²) >= 11 is 0. The number of halogens is 2. The van der Waals surface area contributed by atoms with Gasteiger partial charge in [-0.2, -0.15) is 4.31 Å². The average molecular weight is 394 g/mol. The lowest BCUT2D eigenvalue weighted by Crippen LogP contribution is -2.31. The summed E-state index contributed by atoms with van der Waals surface area (Å²) in [6.07, 6.45) is 3.68. The van der Waals surface area contributed by atoms with Gasteiger partial charge in [-0.05, 0) is 49.2 Å². The number of rotatable bonds is 4. The highest BCUT2D eigenvalue weighted by Gasteiger charge is 2.25.